The van der Waals surface area contributed by atoms with E-state index < -0.39 is 5.92 Å². The average Bonchev–Trinajstić information content (AvgIpc) is 3.32. The Hall–Kier alpha value is -4.59. The number of rotatable bonds is 8. The number of hydrogen-bond acceptors (Lipinski definition) is 4. The second kappa shape index (κ2) is 10.4. The second-order valence-corrected chi connectivity index (χ2v) is 8.42. The van der Waals surface area contributed by atoms with Crippen molar-refractivity contribution in [2.45, 2.75) is 19.0 Å². The number of benzene rings is 3. The third-order valence-electron chi connectivity index (χ3n) is 6.07. The van der Waals surface area contributed by atoms with Gasteiger partial charge in [0, 0.05) is 12.1 Å². The molecular weight excluding hydrogens is 457 g/mol. The summed E-state index contributed by atoms with van der Waals surface area (Å²) < 4.78 is 17.0. The molecule has 0 bridgehead atoms. The standard InChI is InChI=1S/C28H24FN5O2/c29-24-14-8-7-13-22(24)18-33-19-31-26-23(28(33)36)17-32-34(26)16-15-30-27(35)25(20-9-3-1-4-10-20)21-11-5-2-6-12-21/h1-14,17,19,25H,15-16,18H2,(H,30,35). The van der Waals surface area contributed by atoms with Crippen molar-refractivity contribution in [1.82, 2.24) is 24.6 Å². The van der Waals surface area contributed by atoms with Crippen LogP contribution in [-0.2, 0) is 17.9 Å². The van der Waals surface area contributed by atoms with Crippen molar-refractivity contribution < 1.29 is 9.18 Å². The summed E-state index contributed by atoms with van der Waals surface area (Å²) in [6.45, 7) is 0.733. The molecule has 0 aliphatic carbocycles. The van der Waals surface area contributed by atoms with Crippen molar-refractivity contribution in [3.05, 3.63) is 130 Å². The predicted molar refractivity (Wildman–Crippen MR) is 135 cm³/mol. The Bertz CT molecular complexity index is 1510. The predicted octanol–water partition coefficient (Wildman–Crippen LogP) is 3.73. The van der Waals surface area contributed by atoms with Gasteiger partial charge in [-0.1, -0.05) is 78.9 Å². The lowest BCUT2D eigenvalue weighted by atomic mass is 9.90. The SMILES string of the molecule is O=C(NCCn1ncc2c(=O)n(Cc3ccccc3F)cnc21)C(c1ccccc1)c1ccccc1. The van der Waals surface area contributed by atoms with E-state index in [4.69, 9.17) is 0 Å². The summed E-state index contributed by atoms with van der Waals surface area (Å²) in [5.74, 6) is -0.935. The molecule has 0 saturated carbocycles. The first-order chi connectivity index (χ1) is 17.6. The van der Waals surface area contributed by atoms with E-state index >= 15 is 0 Å². The maximum absolute atomic E-state index is 14.0. The monoisotopic (exact) mass is 481 g/mol. The van der Waals surface area contributed by atoms with Gasteiger partial charge < -0.3 is 5.32 Å². The smallest absolute Gasteiger partial charge is 0.264 e. The molecule has 1 amide bonds. The van der Waals surface area contributed by atoms with Crippen molar-refractivity contribution in [2.75, 3.05) is 6.54 Å². The van der Waals surface area contributed by atoms with Crippen molar-refractivity contribution in [3.8, 4) is 0 Å². The fourth-order valence-corrected chi connectivity index (χ4v) is 4.26. The lowest BCUT2D eigenvalue weighted by Gasteiger charge is -2.18. The first-order valence-corrected chi connectivity index (χ1v) is 11.6. The fourth-order valence-electron chi connectivity index (χ4n) is 4.26. The average molecular weight is 482 g/mol. The Labute approximate surface area is 206 Å². The molecular formula is C28H24FN5O2. The van der Waals surface area contributed by atoms with E-state index in [9.17, 15) is 14.0 Å². The van der Waals surface area contributed by atoms with Gasteiger partial charge in [-0.25, -0.2) is 14.1 Å². The first kappa shape index (κ1) is 23.2. The number of fused-ring (bicyclic) bond motifs is 1. The zero-order valence-corrected chi connectivity index (χ0v) is 19.4. The van der Waals surface area contributed by atoms with Gasteiger partial charge in [0.15, 0.2) is 5.65 Å². The van der Waals surface area contributed by atoms with Gasteiger partial charge in [-0.2, -0.15) is 5.10 Å². The van der Waals surface area contributed by atoms with E-state index in [1.807, 2.05) is 60.7 Å². The van der Waals surface area contributed by atoms with E-state index in [0.717, 1.165) is 11.1 Å². The molecule has 0 aliphatic heterocycles. The third kappa shape index (κ3) is 4.79. The number of carbonyl (C=O) groups is 1. The van der Waals surface area contributed by atoms with Crippen LogP contribution in [0.25, 0.3) is 11.0 Å². The summed E-state index contributed by atoms with van der Waals surface area (Å²) in [7, 11) is 0. The van der Waals surface area contributed by atoms with Crippen LogP contribution >= 0.6 is 0 Å². The zero-order chi connectivity index (χ0) is 24.9. The highest BCUT2D eigenvalue weighted by atomic mass is 19.1. The fraction of sp³-hybridized carbons (Fsp3) is 0.143. The Kier molecular flexibility index (Phi) is 6.66. The molecule has 180 valence electrons. The van der Waals surface area contributed by atoms with Crippen LogP contribution in [0.15, 0.2) is 102 Å². The molecule has 36 heavy (non-hydrogen) atoms. The Balaban J connectivity index is 1.30. The number of carbonyl (C=O) groups excluding carboxylic acids is 1. The molecule has 5 aromatic rings. The molecule has 0 aliphatic rings. The quantitative estimate of drug-likeness (QED) is 0.366. The molecule has 0 unspecified atom stereocenters. The molecule has 1 N–H and O–H groups in total. The number of nitrogens with zero attached hydrogens (tertiary/aromatic N) is 4. The van der Waals surface area contributed by atoms with Gasteiger partial charge in [-0.3, -0.25) is 14.2 Å². The number of nitrogens with one attached hydrogen (secondary N) is 1. The number of halogens is 1. The first-order valence-electron chi connectivity index (χ1n) is 11.6. The Morgan fingerprint density at radius 2 is 1.56 bits per heavy atom. The molecule has 0 spiro atoms. The Morgan fingerprint density at radius 1 is 0.917 bits per heavy atom. The van der Waals surface area contributed by atoms with Crippen LogP contribution in [0.5, 0.6) is 0 Å². The van der Waals surface area contributed by atoms with E-state index in [0.29, 0.717) is 29.7 Å². The van der Waals surface area contributed by atoms with Crippen molar-refractivity contribution in [2.24, 2.45) is 0 Å². The van der Waals surface area contributed by atoms with Crippen LogP contribution in [0.2, 0.25) is 0 Å². The van der Waals surface area contributed by atoms with E-state index in [2.05, 4.69) is 15.4 Å². The van der Waals surface area contributed by atoms with Crippen LogP contribution < -0.4 is 10.9 Å². The third-order valence-corrected chi connectivity index (χ3v) is 6.07. The van der Waals surface area contributed by atoms with Gasteiger partial charge in [-0.05, 0) is 17.2 Å². The lowest BCUT2D eigenvalue weighted by molar-refractivity contribution is -0.121. The van der Waals surface area contributed by atoms with E-state index in [-0.39, 0.29) is 23.8 Å². The largest absolute Gasteiger partial charge is 0.353 e. The summed E-state index contributed by atoms with van der Waals surface area (Å²) in [6, 6.07) is 25.6. The lowest BCUT2D eigenvalue weighted by Crippen LogP contribution is -2.32. The molecule has 0 saturated heterocycles. The van der Waals surface area contributed by atoms with Gasteiger partial charge >= 0.3 is 0 Å². The number of aromatic nitrogens is 4. The van der Waals surface area contributed by atoms with Crippen LogP contribution in [0.3, 0.4) is 0 Å². The molecule has 5 rings (SSSR count). The molecule has 0 fully saturated rings. The normalized spacial score (nSPS) is 11.2. The van der Waals surface area contributed by atoms with E-state index in [1.165, 1.54) is 23.2 Å². The van der Waals surface area contributed by atoms with Gasteiger partial charge in [0.1, 0.15) is 17.5 Å². The van der Waals surface area contributed by atoms with Gasteiger partial charge in [0.25, 0.3) is 5.56 Å². The highest BCUT2D eigenvalue weighted by molar-refractivity contribution is 5.87. The van der Waals surface area contributed by atoms with Gasteiger partial charge in [-0.15, -0.1) is 0 Å². The summed E-state index contributed by atoms with van der Waals surface area (Å²) >= 11 is 0. The van der Waals surface area contributed by atoms with Crippen LogP contribution in [-0.4, -0.2) is 31.8 Å². The van der Waals surface area contributed by atoms with Crippen molar-refractivity contribution in [1.29, 1.82) is 0 Å². The van der Waals surface area contributed by atoms with Gasteiger partial charge in [0.2, 0.25) is 5.91 Å². The van der Waals surface area contributed by atoms with E-state index in [1.54, 1.807) is 22.9 Å². The van der Waals surface area contributed by atoms with Gasteiger partial charge in [0.05, 0.1) is 25.2 Å². The zero-order valence-electron chi connectivity index (χ0n) is 19.4. The molecule has 0 atom stereocenters. The molecule has 8 heteroatoms. The number of hydrogen-bond donors (Lipinski definition) is 1. The minimum Gasteiger partial charge on any atom is -0.353 e. The van der Waals surface area contributed by atoms with Crippen LogP contribution in [0.4, 0.5) is 4.39 Å². The van der Waals surface area contributed by atoms with Crippen LogP contribution in [0, 0.1) is 5.82 Å². The maximum Gasteiger partial charge on any atom is 0.264 e. The maximum atomic E-state index is 14.0. The number of amides is 1. The second-order valence-electron chi connectivity index (χ2n) is 8.42. The summed E-state index contributed by atoms with van der Waals surface area (Å²) in [5.41, 5.74) is 2.33. The molecule has 2 heterocycles. The summed E-state index contributed by atoms with van der Waals surface area (Å²) in [5, 5.41) is 7.63. The topological polar surface area (TPSA) is 81.8 Å². The molecule has 7 nitrogen and oxygen atoms in total. The minimum atomic E-state index is -0.439. The molecule has 3 aromatic carbocycles. The van der Waals surface area contributed by atoms with Crippen LogP contribution in [0.1, 0.15) is 22.6 Å². The minimum absolute atomic E-state index is 0.0794. The summed E-state index contributed by atoms with van der Waals surface area (Å²) in [4.78, 5) is 30.5. The Morgan fingerprint density at radius 3 is 2.22 bits per heavy atom. The highest BCUT2D eigenvalue weighted by Crippen LogP contribution is 2.24. The van der Waals surface area contributed by atoms with Crippen molar-refractivity contribution in [3.63, 3.8) is 0 Å². The molecule has 0 radical (unpaired) electrons. The molecule has 2 aromatic heterocycles. The van der Waals surface area contributed by atoms with Crippen molar-refractivity contribution >= 4 is 16.9 Å². The summed E-state index contributed by atoms with van der Waals surface area (Å²) in [6.07, 6.45) is 2.86. The highest BCUT2D eigenvalue weighted by Gasteiger charge is 2.22.